The minimum absolute atomic E-state index is 0.0598. The third kappa shape index (κ3) is 3.61. The molecule has 29 heavy (non-hydrogen) atoms. The van der Waals surface area contributed by atoms with E-state index in [1.165, 1.54) is 11.4 Å². The Morgan fingerprint density at radius 2 is 2.17 bits per heavy atom. The number of alkyl halides is 1. The Balaban J connectivity index is 1.30. The first kappa shape index (κ1) is 18.9. The van der Waals surface area contributed by atoms with Gasteiger partial charge in [-0.3, -0.25) is 9.36 Å². The summed E-state index contributed by atoms with van der Waals surface area (Å²) in [6.07, 6.45) is 10.6. The van der Waals surface area contributed by atoms with E-state index in [1.54, 1.807) is 6.20 Å². The Morgan fingerprint density at radius 3 is 3.07 bits per heavy atom. The standard InChI is InChI=1S/C21H27ClN6O/c1-12(15-10-13-9-14(22)5-6-16(13)26-20(15)29)25-21-23-8-7-19(27-21)28-11-24-17-3-2-4-18(17)28/h7-8,11-16H,2-6,9-10H2,1H3,(H,26,29)(H,23,25,27)/t12-,13?,14?,15?,16?/m0/s1. The van der Waals surface area contributed by atoms with Gasteiger partial charge in [0.2, 0.25) is 11.9 Å². The number of rotatable bonds is 4. The van der Waals surface area contributed by atoms with Crippen LogP contribution in [-0.2, 0) is 17.6 Å². The third-order valence-corrected chi connectivity index (χ3v) is 7.16. The zero-order chi connectivity index (χ0) is 20.0. The highest BCUT2D eigenvalue weighted by Crippen LogP contribution is 2.36. The number of amides is 1. The van der Waals surface area contributed by atoms with Gasteiger partial charge in [0.1, 0.15) is 12.1 Å². The van der Waals surface area contributed by atoms with E-state index in [-0.39, 0.29) is 29.3 Å². The lowest BCUT2D eigenvalue weighted by Crippen LogP contribution is -2.55. The molecule has 0 bridgehead atoms. The zero-order valence-corrected chi connectivity index (χ0v) is 17.4. The average molecular weight is 415 g/mol. The number of piperidine rings is 1. The first-order valence-corrected chi connectivity index (χ1v) is 11.1. The summed E-state index contributed by atoms with van der Waals surface area (Å²) < 4.78 is 2.06. The second-order valence-electron chi connectivity index (χ2n) is 8.66. The van der Waals surface area contributed by atoms with Crippen molar-refractivity contribution in [1.82, 2.24) is 24.8 Å². The SMILES string of the molecule is C[C@H](Nc1nccc(-n2cnc3c2CCC3)n1)C1CC2CC(Cl)CCC2NC1=O. The number of anilines is 1. The number of nitrogens with one attached hydrogen (secondary N) is 2. The molecule has 0 spiro atoms. The lowest BCUT2D eigenvalue weighted by atomic mass is 9.74. The quantitative estimate of drug-likeness (QED) is 0.751. The maximum atomic E-state index is 12.7. The molecule has 2 aromatic rings. The van der Waals surface area contributed by atoms with Crippen LogP contribution in [0.15, 0.2) is 18.6 Å². The largest absolute Gasteiger partial charge is 0.353 e. The first-order chi connectivity index (χ1) is 14.1. The second kappa shape index (κ2) is 7.59. The number of halogens is 1. The molecular formula is C21H27ClN6O. The molecule has 7 nitrogen and oxygen atoms in total. The molecule has 5 rings (SSSR count). The number of hydrogen-bond donors (Lipinski definition) is 2. The Kier molecular flexibility index (Phi) is 4.94. The van der Waals surface area contributed by atoms with E-state index < -0.39 is 0 Å². The summed E-state index contributed by atoms with van der Waals surface area (Å²) in [6, 6.07) is 2.12. The number of carbonyl (C=O) groups is 1. The Morgan fingerprint density at radius 1 is 1.28 bits per heavy atom. The number of aryl methyl sites for hydroxylation is 1. The van der Waals surface area contributed by atoms with Crippen molar-refractivity contribution in [1.29, 1.82) is 0 Å². The van der Waals surface area contributed by atoms with Crippen LogP contribution in [0.25, 0.3) is 5.82 Å². The molecule has 3 aliphatic rings. The lowest BCUT2D eigenvalue weighted by Gasteiger charge is -2.42. The van der Waals surface area contributed by atoms with Crippen LogP contribution < -0.4 is 10.6 Å². The fraction of sp³-hybridized carbons (Fsp3) is 0.619. The minimum Gasteiger partial charge on any atom is -0.353 e. The molecule has 0 aromatic carbocycles. The van der Waals surface area contributed by atoms with Crippen LogP contribution in [0.3, 0.4) is 0 Å². The summed E-state index contributed by atoms with van der Waals surface area (Å²) in [4.78, 5) is 26.3. The molecule has 1 saturated carbocycles. The van der Waals surface area contributed by atoms with E-state index in [1.807, 2.05) is 19.3 Å². The van der Waals surface area contributed by atoms with Gasteiger partial charge in [0.25, 0.3) is 0 Å². The van der Waals surface area contributed by atoms with Crippen LogP contribution in [-0.4, -0.2) is 42.9 Å². The number of aromatic nitrogens is 4. The van der Waals surface area contributed by atoms with Crippen molar-refractivity contribution in [2.45, 2.75) is 69.3 Å². The van der Waals surface area contributed by atoms with Crippen LogP contribution in [0.5, 0.6) is 0 Å². The molecule has 8 heteroatoms. The Bertz CT molecular complexity index is 914. The smallest absolute Gasteiger partial charge is 0.225 e. The van der Waals surface area contributed by atoms with Crippen LogP contribution in [0.2, 0.25) is 0 Å². The summed E-state index contributed by atoms with van der Waals surface area (Å²) in [5.74, 6) is 1.84. The van der Waals surface area contributed by atoms with Crippen LogP contribution >= 0.6 is 11.6 Å². The highest BCUT2D eigenvalue weighted by Gasteiger charge is 2.41. The van der Waals surface area contributed by atoms with E-state index in [0.717, 1.165) is 50.8 Å². The van der Waals surface area contributed by atoms with E-state index >= 15 is 0 Å². The van der Waals surface area contributed by atoms with Crippen LogP contribution in [0.1, 0.15) is 50.4 Å². The third-order valence-electron chi connectivity index (χ3n) is 6.77. The van der Waals surface area contributed by atoms with Gasteiger partial charge in [-0.1, -0.05) is 0 Å². The molecule has 5 atom stereocenters. The maximum Gasteiger partial charge on any atom is 0.225 e. The second-order valence-corrected chi connectivity index (χ2v) is 9.28. The van der Waals surface area contributed by atoms with Crippen molar-refractivity contribution < 1.29 is 4.79 Å². The molecule has 2 aromatic heterocycles. The van der Waals surface area contributed by atoms with Gasteiger partial charge in [-0.05, 0) is 63.9 Å². The van der Waals surface area contributed by atoms with E-state index in [9.17, 15) is 4.79 Å². The van der Waals surface area contributed by atoms with Crippen molar-refractivity contribution in [3.8, 4) is 5.82 Å². The van der Waals surface area contributed by atoms with Gasteiger partial charge in [-0.15, -0.1) is 11.6 Å². The molecule has 1 aliphatic heterocycles. The van der Waals surface area contributed by atoms with Crippen LogP contribution in [0, 0.1) is 11.8 Å². The highest BCUT2D eigenvalue weighted by atomic mass is 35.5. The van der Waals surface area contributed by atoms with Crippen molar-refractivity contribution in [2.75, 3.05) is 5.32 Å². The molecule has 2 N–H and O–H groups in total. The van der Waals surface area contributed by atoms with Crippen molar-refractivity contribution in [3.05, 3.63) is 30.0 Å². The average Bonchev–Trinajstić information content (AvgIpc) is 3.31. The molecular weight excluding hydrogens is 388 g/mol. The van der Waals surface area contributed by atoms with Gasteiger partial charge in [0.15, 0.2) is 0 Å². The summed E-state index contributed by atoms with van der Waals surface area (Å²) in [6.45, 7) is 2.04. The van der Waals surface area contributed by atoms with E-state index in [2.05, 4.69) is 25.2 Å². The summed E-state index contributed by atoms with van der Waals surface area (Å²) >= 11 is 6.38. The summed E-state index contributed by atoms with van der Waals surface area (Å²) in [7, 11) is 0. The number of hydrogen-bond acceptors (Lipinski definition) is 5. The maximum absolute atomic E-state index is 12.7. The van der Waals surface area contributed by atoms with E-state index in [4.69, 9.17) is 16.6 Å². The number of fused-ring (bicyclic) bond motifs is 2. The molecule has 2 fully saturated rings. The van der Waals surface area contributed by atoms with Crippen LogP contribution in [0.4, 0.5) is 5.95 Å². The Hall–Kier alpha value is -2.15. The summed E-state index contributed by atoms with van der Waals surface area (Å²) in [5, 5.41) is 6.82. The first-order valence-electron chi connectivity index (χ1n) is 10.7. The van der Waals surface area contributed by atoms with Gasteiger partial charge in [-0.2, -0.15) is 4.98 Å². The molecule has 2 aliphatic carbocycles. The minimum atomic E-state index is -0.108. The van der Waals surface area contributed by atoms with E-state index in [0.29, 0.717) is 11.9 Å². The van der Waals surface area contributed by atoms with Gasteiger partial charge in [0, 0.05) is 29.4 Å². The number of nitrogens with zero attached hydrogens (tertiary/aromatic N) is 4. The molecule has 154 valence electrons. The van der Waals surface area contributed by atoms with Gasteiger partial charge in [0.05, 0.1) is 11.6 Å². The molecule has 3 heterocycles. The topological polar surface area (TPSA) is 84.7 Å². The predicted octanol–water partition coefficient (Wildman–Crippen LogP) is 2.86. The highest BCUT2D eigenvalue weighted by molar-refractivity contribution is 6.20. The molecule has 1 saturated heterocycles. The van der Waals surface area contributed by atoms with Gasteiger partial charge in [-0.25, -0.2) is 9.97 Å². The van der Waals surface area contributed by atoms with Crippen molar-refractivity contribution in [3.63, 3.8) is 0 Å². The monoisotopic (exact) mass is 414 g/mol. The normalized spacial score (nSPS) is 29.7. The number of carbonyl (C=O) groups excluding carboxylic acids is 1. The van der Waals surface area contributed by atoms with Crippen molar-refractivity contribution in [2.24, 2.45) is 11.8 Å². The summed E-state index contributed by atoms with van der Waals surface area (Å²) in [5.41, 5.74) is 2.42. The molecule has 0 radical (unpaired) electrons. The molecule has 1 amide bonds. The fourth-order valence-electron chi connectivity index (χ4n) is 5.17. The number of imidazole rings is 1. The molecule has 4 unspecified atom stereocenters. The zero-order valence-electron chi connectivity index (χ0n) is 16.6. The lowest BCUT2D eigenvalue weighted by molar-refractivity contribution is -0.130. The predicted molar refractivity (Wildman–Crippen MR) is 111 cm³/mol. The Labute approximate surface area is 175 Å². The van der Waals surface area contributed by atoms with Gasteiger partial charge >= 0.3 is 0 Å². The van der Waals surface area contributed by atoms with Gasteiger partial charge < -0.3 is 10.6 Å². The van der Waals surface area contributed by atoms with Crippen molar-refractivity contribution >= 4 is 23.5 Å². The fourth-order valence-corrected chi connectivity index (χ4v) is 5.53.